The fourth-order valence-electron chi connectivity index (χ4n) is 4.95. The number of aromatic nitrogens is 4. The maximum Gasteiger partial charge on any atom is 0.328 e. The third kappa shape index (κ3) is 9.72. The van der Waals surface area contributed by atoms with Gasteiger partial charge in [0.1, 0.15) is 12.4 Å². The van der Waals surface area contributed by atoms with E-state index < -0.39 is 11.9 Å². The van der Waals surface area contributed by atoms with Crippen molar-refractivity contribution >= 4 is 17.6 Å². The van der Waals surface area contributed by atoms with Gasteiger partial charge in [0.25, 0.3) is 0 Å². The molecule has 1 saturated heterocycles. The molecule has 0 spiro atoms. The highest BCUT2D eigenvalue weighted by molar-refractivity contribution is 5.89. The van der Waals surface area contributed by atoms with E-state index in [1.807, 2.05) is 6.07 Å². The van der Waals surface area contributed by atoms with Crippen molar-refractivity contribution in [2.75, 3.05) is 26.2 Å². The van der Waals surface area contributed by atoms with E-state index in [4.69, 9.17) is 19.7 Å². The molecule has 1 aliphatic heterocycles. The molecule has 44 heavy (non-hydrogen) atoms. The zero-order chi connectivity index (χ0) is 31.3. The molecule has 1 fully saturated rings. The summed E-state index contributed by atoms with van der Waals surface area (Å²) in [6.45, 7) is 8.01. The Morgan fingerprint density at radius 1 is 0.955 bits per heavy atom. The topological polar surface area (TPSA) is 139 Å². The molecule has 3 heterocycles. The van der Waals surface area contributed by atoms with E-state index in [2.05, 4.69) is 94.6 Å². The van der Waals surface area contributed by atoms with Gasteiger partial charge < -0.3 is 24.6 Å². The molecule has 0 atom stereocenters. The fourth-order valence-corrected chi connectivity index (χ4v) is 4.95. The minimum absolute atomic E-state index is 0.0256. The molecule has 2 aromatic heterocycles. The van der Waals surface area contributed by atoms with Gasteiger partial charge in [0.2, 0.25) is 5.88 Å². The Morgan fingerprint density at radius 2 is 1.55 bits per heavy atom. The van der Waals surface area contributed by atoms with Crippen LogP contribution in [-0.4, -0.2) is 79.2 Å². The minimum Gasteiger partial charge on any atom is -0.478 e. The maximum absolute atomic E-state index is 9.55. The van der Waals surface area contributed by atoms with Crippen LogP contribution in [0.2, 0.25) is 0 Å². The molecule has 5 rings (SSSR count). The number of rotatable bonds is 12. The van der Waals surface area contributed by atoms with E-state index in [1.165, 1.54) is 22.1 Å². The number of ether oxygens (including phenoxy) is 2. The number of carboxylic acids is 2. The Morgan fingerprint density at radius 3 is 2.09 bits per heavy atom. The Bertz CT molecular complexity index is 1450. The first kappa shape index (κ1) is 32.3. The Balaban J connectivity index is 0.000000488. The van der Waals surface area contributed by atoms with E-state index in [0.29, 0.717) is 30.6 Å². The molecule has 232 valence electrons. The molecule has 0 aliphatic carbocycles. The van der Waals surface area contributed by atoms with Gasteiger partial charge in [-0.3, -0.25) is 0 Å². The van der Waals surface area contributed by atoms with Crippen LogP contribution in [0.15, 0.2) is 85.2 Å². The van der Waals surface area contributed by atoms with E-state index in [1.54, 1.807) is 0 Å². The van der Waals surface area contributed by atoms with Gasteiger partial charge in [0.05, 0.1) is 12.7 Å². The number of nitrogens with zero attached hydrogens (tertiary/aromatic N) is 5. The van der Waals surface area contributed by atoms with Crippen molar-refractivity contribution in [3.63, 3.8) is 0 Å². The number of carboxylic acid groups (broad SMARTS) is 2. The number of carbonyl (C=O) groups is 2. The molecular formula is C33H39N5O6. The second kappa shape index (κ2) is 16.3. The maximum atomic E-state index is 9.55. The van der Waals surface area contributed by atoms with E-state index in [0.717, 1.165) is 50.1 Å². The summed E-state index contributed by atoms with van der Waals surface area (Å²) in [5.74, 6) is -1.55. The molecule has 11 heteroatoms. The summed E-state index contributed by atoms with van der Waals surface area (Å²) in [4.78, 5) is 25.9. The predicted molar refractivity (Wildman–Crippen MR) is 165 cm³/mol. The minimum atomic E-state index is -1.26. The number of likely N-dealkylation sites (tertiary alicyclic amines) is 1. The summed E-state index contributed by atoms with van der Waals surface area (Å²) < 4.78 is 14.3. The molecule has 11 nitrogen and oxygen atoms in total. The van der Waals surface area contributed by atoms with Crippen LogP contribution in [-0.2, 0) is 14.3 Å². The van der Waals surface area contributed by atoms with Gasteiger partial charge in [0, 0.05) is 37.3 Å². The Hall–Kier alpha value is -4.61. The smallest absolute Gasteiger partial charge is 0.328 e. The standard InChI is InChI=1S/C29H35N5O2.C4H4O4/c1-22(2)26-20-27-30-21-31-34(27)32-29(26)35-19-9-16-33-17-14-25(15-18-33)36-28(23-10-5-3-6-11-23)24-12-7-4-8-13-24;5-3(6)1-2-4(7)8/h3-8,10-13,20-22,25,28H,9,14-19H2,1-2H3;1-2H,(H,5,6)(H,7,8). The van der Waals surface area contributed by atoms with Crippen LogP contribution in [0.25, 0.3) is 5.65 Å². The van der Waals surface area contributed by atoms with Gasteiger partial charge in [-0.25, -0.2) is 14.6 Å². The summed E-state index contributed by atoms with van der Waals surface area (Å²) in [5.41, 5.74) is 4.24. The summed E-state index contributed by atoms with van der Waals surface area (Å²) >= 11 is 0. The molecule has 2 aromatic carbocycles. The lowest BCUT2D eigenvalue weighted by atomic mass is 10.00. The Kier molecular flexibility index (Phi) is 12.0. The first-order valence-electron chi connectivity index (χ1n) is 14.8. The lowest BCUT2D eigenvalue weighted by Gasteiger charge is -2.34. The summed E-state index contributed by atoms with van der Waals surface area (Å²) in [6.07, 6.45) is 5.91. The zero-order valence-electron chi connectivity index (χ0n) is 25.0. The number of hydrogen-bond donors (Lipinski definition) is 2. The third-order valence-electron chi connectivity index (χ3n) is 7.19. The van der Waals surface area contributed by atoms with Gasteiger partial charge in [-0.15, -0.1) is 14.8 Å². The van der Waals surface area contributed by atoms with Gasteiger partial charge in [-0.2, -0.15) is 0 Å². The van der Waals surface area contributed by atoms with Gasteiger partial charge in [-0.1, -0.05) is 74.5 Å². The Labute approximate surface area is 256 Å². The van der Waals surface area contributed by atoms with Crippen molar-refractivity contribution in [1.29, 1.82) is 0 Å². The number of aliphatic carboxylic acids is 2. The van der Waals surface area contributed by atoms with Crippen molar-refractivity contribution in [2.45, 2.75) is 51.2 Å². The molecule has 0 radical (unpaired) electrons. The van der Waals surface area contributed by atoms with Crippen molar-refractivity contribution in [3.8, 4) is 5.88 Å². The van der Waals surface area contributed by atoms with Gasteiger partial charge in [-0.05, 0) is 42.4 Å². The highest BCUT2D eigenvalue weighted by atomic mass is 16.5. The first-order valence-corrected chi connectivity index (χ1v) is 14.8. The van der Waals surface area contributed by atoms with Crippen LogP contribution in [0, 0.1) is 0 Å². The number of benzene rings is 2. The molecule has 4 aromatic rings. The third-order valence-corrected chi connectivity index (χ3v) is 7.19. The average molecular weight is 602 g/mol. The number of fused-ring (bicyclic) bond motifs is 1. The van der Waals surface area contributed by atoms with Crippen LogP contribution < -0.4 is 4.74 Å². The first-order chi connectivity index (χ1) is 21.3. The molecule has 1 aliphatic rings. The summed E-state index contributed by atoms with van der Waals surface area (Å²) in [6, 6.07) is 23.1. The normalized spacial score (nSPS) is 14.2. The van der Waals surface area contributed by atoms with Gasteiger partial charge in [0.15, 0.2) is 5.65 Å². The molecule has 2 N–H and O–H groups in total. The van der Waals surface area contributed by atoms with Crippen molar-refractivity contribution in [1.82, 2.24) is 24.7 Å². The van der Waals surface area contributed by atoms with E-state index in [9.17, 15) is 9.59 Å². The lowest BCUT2D eigenvalue weighted by molar-refractivity contribution is -0.134. The van der Waals surface area contributed by atoms with Crippen LogP contribution in [0.5, 0.6) is 5.88 Å². The number of hydrogen-bond acceptors (Lipinski definition) is 8. The monoisotopic (exact) mass is 601 g/mol. The highest BCUT2D eigenvalue weighted by Crippen LogP contribution is 2.30. The second-order valence-electron chi connectivity index (χ2n) is 10.8. The van der Waals surface area contributed by atoms with Crippen molar-refractivity contribution in [2.24, 2.45) is 0 Å². The zero-order valence-corrected chi connectivity index (χ0v) is 25.0. The lowest BCUT2D eigenvalue weighted by Crippen LogP contribution is -2.38. The molecule has 0 bridgehead atoms. The average Bonchev–Trinajstić information content (AvgIpc) is 3.50. The number of piperidine rings is 1. The van der Waals surface area contributed by atoms with Crippen LogP contribution in [0.1, 0.15) is 61.8 Å². The van der Waals surface area contributed by atoms with E-state index in [-0.39, 0.29) is 12.2 Å². The van der Waals surface area contributed by atoms with Crippen LogP contribution in [0.3, 0.4) is 0 Å². The van der Waals surface area contributed by atoms with Gasteiger partial charge >= 0.3 is 11.9 Å². The van der Waals surface area contributed by atoms with Crippen LogP contribution >= 0.6 is 0 Å². The van der Waals surface area contributed by atoms with Crippen molar-refractivity contribution in [3.05, 3.63) is 102 Å². The summed E-state index contributed by atoms with van der Waals surface area (Å²) in [7, 11) is 0. The highest BCUT2D eigenvalue weighted by Gasteiger charge is 2.24. The second-order valence-corrected chi connectivity index (χ2v) is 10.8. The van der Waals surface area contributed by atoms with E-state index >= 15 is 0 Å². The predicted octanol–water partition coefficient (Wildman–Crippen LogP) is 5.00. The summed E-state index contributed by atoms with van der Waals surface area (Å²) in [5, 5.41) is 24.3. The quantitative estimate of drug-likeness (QED) is 0.168. The SMILES string of the molecule is CC(C)c1cc2ncnn2nc1OCCCN1CCC(OC(c2ccccc2)c2ccccc2)CC1.O=C(O)C=CC(=O)O. The molecule has 0 unspecified atom stereocenters. The molecule has 0 amide bonds. The molecular weight excluding hydrogens is 562 g/mol. The largest absolute Gasteiger partial charge is 0.478 e. The van der Waals surface area contributed by atoms with Crippen molar-refractivity contribution < 1.29 is 29.3 Å². The molecule has 0 saturated carbocycles. The van der Waals surface area contributed by atoms with Crippen LogP contribution in [0.4, 0.5) is 0 Å². The fraction of sp³-hybridized carbons (Fsp3) is 0.364.